The van der Waals surface area contributed by atoms with Gasteiger partial charge in [-0.2, -0.15) is 0 Å². The Morgan fingerprint density at radius 3 is 2.61 bits per heavy atom. The first kappa shape index (κ1) is 12.9. The van der Waals surface area contributed by atoms with Crippen molar-refractivity contribution in [3.63, 3.8) is 0 Å². The molecule has 2 aliphatic rings. The van der Waals surface area contributed by atoms with E-state index in [1.807, 2.05) is 6.92 Å². The summed E-state index contributed by atoms with van der Waals surface area (Å²) in [5.74, 6) is -0.622. The number of urea groups is 1. The monoisotopic (exact) mass is 252 g/mol. The number of carboxylic acid groups (broad SMARTS) is 1. The molecule has 2 aliphatic carbocycles. The molecule has 2 atom stereocenters. The number of carbonyl (C=O) groups excluding carboxylic acids is 1. The van der Waals surface area contributed by atoms with Crippen LogP contribution in [0.2, 0.25) is 0 Å². The topological polar surface area (TPSA) is 69.6 Å². The van der Waals surface area contributed by atoms with Crippen molar-refractivity contribution in [2.45, 2.75) is 32.2 Å². The number of nitrogens with one attached hydrogen (secondary N) is 1. The van der Waals surface area contributed by atoms with Gasteiger partial charge in [-0.25, -0.2) is 4.79 Å². The number of aliphatic carboxylic acids is 1. The normalized spacial score (nSPS) is 26.1. The lowest BCUT2D eigenvalue weighted by atomic mass is 10.1. The van der Waals surface area contributed by atoms with Crippen molar-refractivity contribution in [2.75, 3.05) is 13.1 Å². The van der Waals surface area contributed by atoms with Crippen LogP contribution < -0.4 is 5.32 Å². The quantitative estimate of drug-likeness (QED) is 0.728. The van der Waals surface area contributed by atoms with Crippen molar-refractivity contribution in [2.24, 2.45) is 11.8 Å². The van der Waals surface area contributed by atoms with Gasteiger partial charge < -0.3 is 15.3 Å². The zero-order chi connectivity index (χ0) is 13.1. The molecular formula is C13H20N2O3. The van der Waals surface area contributed by atoms with E-state index in [0.29, 0.717) is 18.9 Å². The Morgan fingerprint density at radius 2 is 2.11 bits per heavy atom. The average Bonchev–Trinajstić information content (AvgIpc) is 3.03. The van der Waals surface area contributed by atoms with Crippen molar-refractivity contribution in [3.05, 3.63) is 12.2 Å². The number of hydrogen-bond acceptors (Lipinski definition) is 2. The first-order chi connectivity index (χ1) is 8.60. The van der Waals surface area contributed by atoms with Gasteiger partial charge in [0.15, 0.2) is 0 Å². The summed E-state index contributed by atoms with van der Waals surface area (Å²) in [4.78, 5) is 24.6. The van der Waals surface area contributed by atoms with E-state index in [1.165, 1.54) is 12.8 Å². The van der Waals surface area contributed by atoms with E-state index in [2.05, 4.69) is 5.32 Å². The van der Waals surface area contributed by atoms with Gasteiger partial charge in [0.05, 0.1) is 12.0 Å². The smallest absolute Gasteiger partial charge is 0.317 e. The van der Waals surface area contributed by atoms with Crippen LogP contribution in [0.3, 0.4) is 0 Å². The molecule has 100 valence electrons. The molecule has 2 amide bonds. The molecule has 0 aromatic rings. The van der Waals surface area contributed by atoms with Crippen LogP contribution in [-0.2, 0) is 4.79 Å². The Morgan fingerprint density at radius 1 is 1.39 bits per heavy atom. The molecule has 0 aromatic heterocycles. The molecule has 0 heterocycles. The van der Waals surface area contributed by atoms with E-state index >= 15 is 0 Å². The van der Waals surface area contributed by atoms with Crippen LogP contribution >= 0.6 is 0 Å². The van der Waals surface area contributed by atoms with Crippen molar-refractivity contribution in [3.8, 4) is 0 Å². The molecule has 0 saturated heterocycles. The number of carbonyl (C=O) groups is 2. The summed E-state index contributed by atoms with van der Waals surface area (Å²) in [5, 5.41) is 11.8. The van der Waals surface area contributed by atoms with Crippen LogP contribution in [0.15, 0.2) is 12.2 Å². The van der Waals surface area contributed by atoms with Crippen LogP contribution in [0, 0.1) is 11.8 Å². The van der Waals surface area contributed by atoms with Crippen molar-refractivity contribution in [1.29, 1.82) is 0 Å². The molecule has 0 aliphatic heterocycles. The summed E-state index contributed by atoms with van der Waals surface area (Å²) in [6.45, 7) is 3.48. The van der Waals surface area contributed by atoms with Crippen LogP contribution in [0.1, 0.15) is 26.2 Å². The van der Waals surface area contributed by atoms with Gasteiger partial charge in [-0.1, -0.05) is 12.2 Å². The fourth-order valence-corrected chi connectivity index (χ4v) is 2.21. The van der Waals surface area contributed by atoms with Crippen molar-refractivity contribution >= 4 is 12.0 Å². The maximum absolute atomic E-state index is 12.0. The average molecular weight is 252 g/mol. The molecule has 0 aromatic carbocycles. The van der Waals surface area contributed by atoms with Crippen molar-refractivity contribution < 1.29 is 14.7 Å². The summed E-state index contributed by atoms with van der Waals surface area (Å²) in [6, 6.07) is -0.225. The fourth-order valence-electron chi connectivity index (χ4n) is 2.21. The maximum atomic E-state index is 12.0. The lowest BCUT2D eigenvalue weighted by molar-refractivity contribution is -0.140. The number of amides is 2. The highest BCUT2D eigenvalue weighted by Gasteiger charge is 2.29. The molecule has 18 heavy (non-hydrogen) atoms. The summed E-state index contributed by atoms with van der Waals surface area (Å²) >= 11 is 0. The summed E-state index contributed by atoms with van der Waals surface area (Å²) in [6.07, 6.45) is 6.33. The highest BCUT2D eigenvalue weighted by molar-refractivity contribution is 5.76. The predicted octanol–water partition coefficient (Wildman–Crippen LogP) is 1.46. The lowest BCUT2D eigenvalue weighted by Gasteiger charge is -2.23. The minimum Gasteiger partial charge on any atom is -0.481 e. The van der Waals surface area contributed by atoms with E-state index in [1.54, 1.807) is 17.1 Å². The second kappa shape index (κ2) is 5.42. The minimum absolute atomic E-state index is 0.0786. The van der Waals surface area contributed by atoms with E-state index in [0.717, 1.165) is 6.54 Å². The summed E-state index contributed by atoms with van der Waals surface area (Å²) in [7, 11) is 0. The zero-order valence-corrected chi connectivity index (χ0v) is 10.6. The van der Waals surface area contributed by atoms with Gasteiger partial charge in [0, 0.05) is 13.1 Å². The van der Waals surface area contributed by atoms with E-state index in [4.69, 9.17) is 5.11 Å². The van der Waals surface area contributed by atoms with Gasteiger partial charge in [0.2, 0.25) is 0 Å². The third-order valence-electron chi connectivity index (χ3n) is 3.55. The largest absolute Gasteiger partial charge is 0.481 e. The molecule has 5 heteroatoms. The molecule has 0 bridgehead atoms. The van der Waals surface area contributed by atoms with Gasteiger partial charge in [-0.05, 0) is 32.1 Å². The lowest BCUT2D eigenvalue weighted by Crippen LogP contribution is -2.44. The van der Waals surface area contributed by atoms with Gasteiger partial charge >= 0.3 is 12.0 Å². The molecular weight excluding hydrogens is 232 g/mol. The molecule has 2 unspecified atom stereocenters. The van der Waals surface area contributed by atoms with Gasteiger partial charge in [0.1, 0.15) is 0 Å². The summed E-state index contributed by atoms with van der Waals surface area (Å²) in [5.41, 5.74) is 0. The van der Waals surface area contributed by atoms with E-state index < -0.39 is 11.9 Å². The number of carboxylic acids is 1. The SMILES string of the molecule is CCN(CC1CC1)C(=O)NC1C=CC(C(=O)O)C1. The highest BCUT2D eigenvalue weighted by Crippen LogP contribution is 2.29. The van der Waals surface area contributed by atoms with Crippen molar-refractivity contribution in [1.82, 2.24) is 10.2 Å². The van der Waals surface area contributed by atoms with E-state index in [9.17, 15) is 9.59 Å². The Kier molecular flexibility index (Phi) is 3.89. The van der Waals surface area contributed by atoms with Gasteiger partial charge in [-0.15, -0.1) is 0 Å². The Labute approximate surface area is 107 Å². The highest BCUT2D eigenvalue weighted by atomic mass is 16.4. The van der Waals surface area contributed by atoms with Gasteiger partial charge in [0.25, 0.3) is 0 Å². The first-order valence-corrected chi connectivity index (χ1v) is 6.56. The Hall–Kier alpha value is -1.52. The molecule has 2 rings (SSSR count). The second-order valence-electron chi connectivity index (χ2n) is 5.10. The maximum Gasteiger partial charge on any atom is 0.317 e. The van der Waals surface area contributed by atoms with Gasteiger partial charge in [-0.3, -0.25) is 4.79 Å². The molecule has 5 nitrogen and oxygen atoms in total. The van der Waals surface area contributed by atoms with E-state index in [-0.39, 0.29) is 12.1 Å². The fraction of sp³-hybridized carbons (Fsp3) is 0.692. The Bertz CT molecular complexity index is 363. The number of nitrogens with zero attached hydrogens (tertiary/aromatic N) is 1. The predicted molar refractivity (Wildman–Crippen MR) is 67.2 cm³/mol. The Balaban J connectivity index is 1.80. The minimum atomic E-state index is -0.826. The molecule has 1 fully saturated rings. The molecule has 0 radical (unpaired) electrons. The third-order valence-corrected chi connectivity index (χ3v) is 3.55. The summed E-state index contributed by atoms with van der Waals surface area (Å²) < 4.78 is 0. The van der Waals surface area contributed by atoms with Crippen LogP contribution in [-0.4, -0.2) is 41.1 Å². The zero-order valence-electron chi connectivity index (χ0n) is 10.6. The van der Waals surface area contributed by atoms with Crippen LogP contribution in [0.25, 0.3) is 0 Å². The standard InChI is InChI=1S/C13H20N2O3/c1-2-15(8-9-3-4-9)13(18)14-11-6-5-10(7-11)12(16)17/h5-6,9-11H,2-4,7-8H2,1H3,(H,14,18)(H,16,17). The van der Waals surface area contributed by atoms with Crippen LogP contribution in [0.4, 0.5) is 4.79 Å². The van der Waals surface area contributed by atoms with Crippen LogP contribution in [0.5, 0.6) is 0 Å². The third kappa shape index (κ3) is 3.24. The molecule has 1 saturated carbocycles. The second-order valence-corrected chi connectivity index (χ2v) is 5.10. The number of rotatable bonds is 5. The first-order valence-electron chi connectivity index (χ1n) is 6.56. The number of hydrogen-bond donors (Lipinski definition) is 2. The molecule has 2 N–H and O–H groups in total. The molecule has 0 spiro atoms.